The van der Waals surface area contributed by atoms with E-state index in [9.17, 15) is 14.7 Å². The number of aliphatic hydroxyl groups is 1. The summed E-state index contributed by atoms with van der Waals surface area (Å²) in [6.45, 7) is 3.52. The van der Waals surface area contributed by atoms with Gasteiger partial charge in [-0.1, -0.05) is 32.0 Å². The lowest BCUT2D eigenvalue weighted by Gasteiger charge is -2.35. The van der Waals surface area contributed by atoms with Crippen molar-refractivity contribution >= 4 is 23.7 Å². The summed E-state index contributed by atoms with van der Waals surface area (Å²) in [6, 6.07) is 9.07. The Morgan fingerprint density at radius 3 is 2.59 bits per heavy atom. The van der Waals surface area contributed by atoms with Gasteiger partial charge in [-0.15, -0.1) is 0 Å². The third kappa shape index (κ3) is 3.08. The molecule has 0 saturated carbocycles. The Balaban J connectivity index is 2.41. The van der Waals surface area contributed by atoms with Crippen LogP contribution in [-0.4, -0.2) is 30.2 Å². The Bertz CT molecular complexity index is 644. The number of rotatable bonds is 3. The molecule has 5 nitrogen and oxygen atoms in total. The molecule has 22 heavy (non-hydrogen) atoms. The molecule has 1 N–H and O–H groups in total. The van der Waals surface area contributed by atoms with E-state index in [-0.39, 0.29) is 23.5 Å². The number of allylic oxidation sites excluding steroid dienone is 1. The standard InChI is InChI=1S/C17H19NO4/c1-17(2)9-13(19)12(15(20)14(17)16(21)22-3)10-18-11-7-5-4-6-8-11/h4-8,10,14,20H,9H2,1-3H3/t14-/m1/s1. The first-order valence-electron chi connectivity index (χ1n) is 7.00. The number of Topliss-reactive ketones (excluding diaryl/α,β-unsaturated/α-hetero) is 1. The monoisotopic (exact) mass is 301 g/mol. The van der Waals surface area contributed by atoms with Crippen LogP contribution in [-0.2, 0) is 14.3 Å². The number of carbonyl (C=O) groups is 2. The van der Waals surface area contributed by atoms with Gasteiger partial charge in [-0.2, -0.15) is 0 Å². The lowest BCUT2D eigenvalue weighted by Crippen LogP contribution is -2.40. The maximum absolute atomic E-state index is 12.2. The summed E-state index contributed by atoms with van der Waals surface area (Å²) in [4.78, 5) is 28.4. The number of para-hydroxylation sites is 1. The Morgan fingerprint density at radius 1 is 1.36 bits per heavy atom. The topological polar surface area (TPSA) is 76.0 Å². The number of hydrogen-bond acceptors (Lipinski definition) is 5. The second-order valence-corrected chi connectivity index (χ2v) is 5.94. The first-order valence-corrected chi connectivity index (χ1v) is 7.00. The van der Waals surface area contributed by atoms with E-state index in [0.29, 0.717) is 5.69 Å². The van der Waals surface area contributed by atoms with Crippen LogP contribution >= 0.6 is 0 Å². The van der Waals surface area contributed by atoms with Crippen molar-refractivity contribution in [2.24, 2.45) is 16.3 Å². The van der Waals surface area contributed by atoms with Crippen molar-refractivity contribution in [3.05, 3.63) is 41.7 Å². The van der Waals surface area contributed by atoms with Gasteiger partial charge in [0, 0.05) is 12.6 Å². The highest BCUT2D eigenvalue weighted by Gasteiger charge is 2.46. The minimum Gasteiger partial charge on any atom is -0.511 e. The highest BCUT2D eigenvalue weighted by Crippen LogP contribution is 2.41. The second-order valence-electron chi connectivity index (χ2n) is 5.94. The zero-order valence-corrected chi connectivity index (χ0v) is 12.9. The van der Waals surface area contributed by atoms with Crippen LogP contribution in [0.3, 0.4) is 0 Å². The summed E-state index contributed by atoms with van der Waals surface area (Å²) in [7, 11) is 1.26. The largest absolute Gasteiger partial charge is 0.511 e. The van der Waals surface area contributed by atoms with Crippen molar-refractivity contribution in [2.75, 3.05) is 7.11 Å². The zero-order valence-electron chi connectivity index (χ0n) is 12.9. The van der Waals surface area contributed by atoms with Crippen LogP contribution in [0.5, 0.6) is 0 Å². The maximum Gasteiger partial charge on any atom is 0.316 e. The Hall–Kier alpha value is -2.43. The van der Waals surface area contributed by atoms with Crippen molar-refractivity contribution in [3.63, 3.8) is 0 Å². The fraction of sp³-hybridized carbons (Fsp3) is 0.353. The van der Waals surface area contributed by atoms with Crippen LogP contribution < -0.4 is 0 Å². The van der Waals surface area contributed by atoms with Crippen molar-refractivity contribution in [1.82, 2.24) is 0 Å². The van der Waals surface area contributed by atoms with E-state index in [0.717, 1.165) is 0 Å². The van der Waals surface area contributed by atoms with Crippen molar-refractivity contribution in [2.45, 2.75) is 20.3 Å². The predicted octanol–water partition coefficient (Wildman–Crippen LogP) is 2.99. The Morgan fingerprint density at radius 2 is 2.00 bits per heavy atom. The molecule has 0 amide bonds. The van der Waals surface area contributed by atoms with Gasteiger partial charge in [0.1, 0.15) is 11.7 Å². The normalized spacial score (nSPS) is 21.2. The fourth-order valence-corrected chi connectivity index (χ4v) is 2.62. The van der Waals surface area contributed by atoms with Crippen LogP contribution in [0.1, 0.15) is 20.3 Å². The second kappa shape index (κ2) is 6.13. The molecule has 2 rings (SSSR count). The van der Waals surface area contributed by atoms with Gasteiger partial charge in [-0.3, -0.25) is 14.6 Å². The highest BCUT2D eigenvalue weighted by molar-refractivity contribution is 6.15. The SMILES string of the molecule is COC(=O)[C@H]1C(O)=C(C=Nc2ccccc2)C(=O)CC1(C)C. The lowest BCUT2D eigenvalue weighted by molar-refractivity contribution is -0.150. The number of esters is 1. The zero-order chi connectivity index (χ0) is 16.3. The smallest absolute Gasteiger partial charge is 0.316 e. The summed E-state index contributed by atoms with van der Waals surface area (Å²) in [6.07, 6.45) is 1.46. The van der Waals surface area contributed by atoms with E-state index in [1.54, 1.807) is 26.0 Å². The molecular weight excluding hydrogens is 282 g/mol. The number of aliphatic hydroxyl groups excluding tert-OH is 1. The number of nitrogens with zero attached hydrogens (tertiary/aromatic N) is 1. The predicted molar refractivity (Wildman–Crippen MR) is 83.2 cm³/mol. The third-order valence-corrected chi connectivity index (χ3v) is 3.78. The molecule has 0 spiro atoms. The molecule has 1 aliphatic rings. The van der Waals surface area contributed by atoms with E-state index in [1.807, 2.05) is 18.2 Å². The molecule has 1 aromatic carbocycles. The average Bonchev–Trinajstić information content (AvgIpc) is 2.46. The number of ether oxygens (including phenoxy) is 1. The molecule has 0 aromatic heterocycles. The van der Waals surface area contributed by atoms with Gasteiger partial charge >= 0.3 is 5.97 Å². The summed E-state index contributed by atoms with van der Waals surface area (Å²) in [5.41, 5.74) is 0.0341. The van der Waals surface area contributed by atoms with Crippen LogP contribution in [0.15, 0.2) is 46.7 Å². The summed E-state index contributed by atoms with van der Waals surface area (Å²) in [5.74, 6) is -1.93. The molecule has 1 aromatic rings. The minimum atomic E-state index is -0.868. The number of benzene rings is 1. The molecule has 0 aliphatic heterocycles. The van der Waals surface area contributed by atoms with Gasteiger partial charge in [0.2, 0.25) is 0 Å². The van der Waals surface area contributed by atoms with Crippen LogP contribution in [0, 0.1) is 11.3 Å². The van der Waals surface area contributed by atoms with Crippen molar-refractivity contribution in [1.29, 1.82) is 0 Å². The van der Waals surface area contributed by atoms with Crippen LogP contribution in [0.25, 0.3) is 0 Å². The first-order chi connectivity index (χ1) is 10.4. The van der Waals surface area contributed by atoms with Gasteiger partial charge < -0.3 is 9.84 Å². The Kier molecular flexibility index (Phi) is 4.45. The highest BCUT2D eigenvalue weighted by atomic mass is 16.5. The van der Waals surface area contributed by atoms with Gasteiger partial charge in [-0.25, -0.2) is 0 Å². The van der Waals surface area contributed by atoms with Crippen LogP contribution in [0.4, 0.5) is 5.69 Å². The number of carbonyl (C=O) groups excluding carboxylic acids is 2. The van der Waals surface area contributed by atoms with Crippen LogP contribution in [0.2, 0.25) is 0 Å². The lowest BCUT2D eigenvalue weighted by atomic mass is 9.68. The number of methoxy groups -OCH3 is 1. The molecule has 0 heterocycles. The Labute approximate surface area is 129 Å². The van der Waals surface area contributed by atoms with E-state index in [4.69, 9.17) is 4.74 Å². The number of hydrogen-bond donors (Lipinski definition) is 1. The van der Waals surface area contributed by atoms with Crippen molar-refractivity contribution < 1.29 is 19.4 Å². The summed E-state index contributed by atoms with van der Waals surface area (Å²) < 4.78 is 4.75. The van der Waals surface area contributed by atoms with Gasteiger partial charge in [0.15, 0.2) is 5.78 Å². The third-order valence-electron chi connectivity index (χ3n) is 3.78. The molecule has 1 aliphatic carbocycles. The molecule has 0 saturated heterocycles. The molecule has 0 radical (unpaired) electrons. The summed E-state index contributed by atoms with van der Waals surface area (Å²) >= 11 is 0. The first kappa shape index (κ1) is 15.9. The molecule has 0 fully saturated rings. The van der Waals surface area contributed by atoms with E-state index in [1.165, 1.54) is 13.3 Å². The summed E-state index contributed by atoms with van der Waals surface area (Å²) in [5, 5.41) is 10.4. The van der Waals surface area contributed by atoms with Gasteiger partial charge in [0.05, 0.1) is 18.4 Å². The quantitative estimate of drug-likeness (QED) is 0.688. The minimum absolute atomic E-state index is 0.0681. The molecular formula is C17H19NO4. The van der Waals surface area contributed by atoms with E-state index >= 15 is 0 Å². The van der Waals surface area contributed by atoms with E-state index in [2.05, 4.69) is 4.99 Å². The molecule has 116 valence electrons. The maximum atomic E-state index is 12.2. The average molecular weight is 301 g/mol. The molecule has 1 atom stereocenters. The number of aliphatic imine (C=N–C) groups is 1. The number of ketones is 1. The van der Waals surface area contributed by atoms with E-state index < -0.39 is 17.3 Å². The molecule has 0 unspecified atom stereocenters. The molecule has 5 heteroatoms. The van der Waals surface area contributed by atoms with Gasteiger partial charge in [-0.05, 0) is 17.5 Å². The van der Waals surface area contributed by atoms with Crippen molar-refractivity contribution in [3.8, 4) is 0 Å². The fourth-order valence-electron chi connectivity index (χ4n) is 2.62. The van der Waals surface area contributed by atoms with Gasteiger partial charge in [0.25, 0.3) is 0 Å². The molecule has 0 bridgehead atoms.